The van der Waals surface area contributed by atoms with Crippen LogP contribution in [0.5, 0.6) is 5.75 Å². The number of ether oxygens (including phenoxy) is 1. The van der Waals surface area contributed by atoms with Gasteiger partial charge in [-0.25, -0.2) is 8.42 Å². The van der Waals surface area contributed by atoms with Crippen LogP contribution in [0, 0.1) is 6.92 Å². The highest BCUT2D eigenvalue weighted by Crippen LogP contribution is 2.19. The van der Waals surface area contributed by atoms with Crippen molar-refractivity contribution in [3.05, 3.63) is 89.5 Å². The Hall–Kier alpha value is -3.32. The minimum Gasteiger partial charge on any atom is -0.494 e. The molecule has 0 aliphatic rings. The van der Waals surface area contributed by atoms with Crippen molar-refractivity contribution in [2.45, 2.75) is 25.3 Å². The van der Waals surface area contributed by atoms with Crippen LogP contribution in [0.25, 0.3) is 0 Å². The number of amides is 1. The average molecular weight is 439 g/mol. The Bertz CT molecular complexity index is 1140. The topological polar surface area (TPSA) is 75.7 Å². The van der Waals surface area contributed by atoms with Crippen molar-refractivity contribution in [1.82, 2.24) is 4.90 Å². The average Bonchev–Trinajstić information content (AvgIpc) is 2.74. The van der Waals surface area contributed by atoms with Gasteiger partial charge in [0.25, 0.3) is 15.9 Å². The predicted molar refractivity (Wildman–Crippen MR) is 122 cm³/mol. The number of aryl methyl sites for hydroxylation is 1. The minimum atomic E-state index is -3.69. The van der Waals surface area contributed by atoms with Crippen molar-refractivity contribution in [3.8, 4) is 5.75 Å². The number of carbonyl (C=O) groups excluding carboxylic acids is 1. The van der Waals surface area contributed by atoms with Gasteiger partial charge in [-0.1, -0.05) is 29.8 Å². The van der Waals surface area contributed by atoms with Gasteiger partial charge in [-0.05, 0) is 67.9 Å². The lowest BCUT2D eigenvalue weighted by atomic mass is 10.1. The van der Waals surface area contributed by atoms with E-state index in [1.54, 1.807) is 60.5 Å². The zero-order valence-electron chi connectivity index (χ0n) is 17.8. The zero-order chi connectivity index (χ0) is 22.4. The molecule has 0 aliphatic heterocycles. The summed E-state index contributed by atoms with van der Waals surface area (Å²) in [6.45, 7) is 4.83. The molecule has 0 bridgehead atoms. The number of nitrogens with one attached hydrogen (secondary N) is 1. The van der Waals surface area contributed by atoms with Gasteiger partial charge in [-0.3, -0.25) is 9.52 Å². The first-order valence-corrected chi connectivity index (χ1v) is 11.4. The van der Waals surface area contributed by atoms with E-state index in [-0.39, 0.29) is 10.8 Å². The standard InChI is InChI=1S/C24H26N2O4S/c1-4-30-22-7-5-6-19(16-22)17-26(3)24(27)20-10-12-21(13-11-20)25-31(28,29)23-14-8-18(2)9-15-23/h5-16,25H,4,17H2,1-3H3. The molecular formula is C24H26N2O4S. The first kappa shape index (κ1) is 22.4. The Kier molecular flexibility index (Phi) is 6.97. The molecule has 1 N–H and O–H groups in total. The highest BCUT2D eigenvalue weighted by Gasteiger charge is 2.16. The van der Waals surface area contributed by atoms with Crippen LogP contribution in [-0.2, 0) is 16.6 Å². The third-order valence-electron chi connectivity index (χ3n) is 4.69. The third-order valence-corrected chi connectivity index (χ3v) is 6.09. The fraction of sp³-hybridized carbons (Fsp3) is 0.208. The number of rotatable bonds is 8. The van der Waals surface area contributed by atoms with Gasteiger partial charge in [0.05, 0.1) is 11.5 Å². The van der Waals surface area contributed by atoms with E-state index in [4.69, 9.17) is 4.74 Å². The molecule has 0 atom stereocenters. The maximum absolute atomic E-state index is 12.8. The molecule has 3 aromatic rings. The predicted octanol–water partition coefficient (Wildman–Crippen LogP) is 4.47. The minimum absolute atomic E-state index is 0.158. The number of carbonyl (C=O) groups is 1. The number of benzene rings is 3. The van der Waals surface area contributed by atoms with Crippen molar-refractivity contribution in [1.29, 1.82) is 0 Å². The zero-order valence-corrected chi connectivity index (χ0v) is 18.6. The summed E-state index contributed by atoms with van der Waals surface area (Å²) in [6.07, 6.45) is 0. The van der Waals surface area contributed by atoms with Gasteiger partial charge in [-0.2, -0.15) is 0 Å². The molecular weight excluding hydrogens is 412 g/mol. The Morgan fingerprint density at radius 3 is 2.32 bits per heavy atom. The second-order valence-corrected chi connectivity index (χ2v) is 8.92. The number of anilines is 1. The Morgan fingerprint density at radius 1 is 1.00 bits per heavy atom. The van der Waals surface area contributed by atoms with Crippen LogP contribution in [0.1, 0.15) is 28.4 Å². The molecule has 0 radical (unpaired) electrons. The van der Waals surface area contributed by atoms with Gasteiger partial charge < -0.3 is 9.64 Å². The van der Waals surface area contributed by atoms with E-state index in [9.17, 15) is 13.2 Å². The smallest absolute Gasteiger partial charge is 0.261 e. The molecule has 0 unspecified atom stereocenters. The van der Waals surface area contributed by atoms with Crippen LogP contribution in [0.4, 0.5) is 5.69 Å². The van der Waals surface area contributed by atoms with E-state index < -0.39 is 10.0 Å². The summed E-state index contributed by atoms with van der Waals surface area (Å²) in [7, 11) is -1.96. The largest absolute Gasteiger partial charge is 0.494 e. The molecule has 0 saturated heterocycles. The summed E-state index contributed by atoms with van der Waals surface area (Å²) in [6, 6.07) is 20.6. The van der Waals surface area contributed by atoms with Crippen molar-refractivity contribution in [2.24, 2.45) is 0 Å². The van der Waals surface area contributed by atoms with Gasteiger partial charge in [0.2, 0.25) is 0 Å². The Morgan fingerprint density at radius 2 is 1.68 bits per heavy atom. The number of hydrogen-bond acceptors (Lipinski definition) is 4. The van der Waals surface area contributed by atoms with Crippen LogP contribution in [0.15, 0.2) is 77.7 Å². The van der Waals surface area contributed by atoms with Gasteiger partial charge in [0.15, 0.2) is 0 Å². The summed E-state index contributed by atoms with van der Waals surface area (Å²) < 4.78 is 33.1. The lowest BCUT2D eigenvalue weighted by Crippen LogP contribution is -2.26. The highest BCUT2D eigenvalue weighted by atomic mass is 32.2. The fourth-order valence-corrected chi connectivity index (χ4v) is 4.14. The van der Waals surface area contributed by atoms with E-state index in [0.29, 0.717) is 24.4 Å². The molecule has 162 valence electrons. The van der Waals surface area contributed by atoms with Gasteiger partial charge in [-0.15, -0.1) is 0 Å². The monoisotopic (exact) mass is 438 g/mol. The molecule has 31 heavy (non-hydrogen) atoms. The summed E-state index contributed by atoms with van der Waals surface area (Å²) in [5.74, 6) is 0.612. The Balaban J connectivity index is 1.67. The fourth-order valence-electron chi connectivity index (χ4n) is 3.08. The number of hydrogen-bond donors (Lipinski definition) is 1. The van der Waals surface area contributed by atoms with E-state index in [2.05, 4.69) is 4.72 Å². The molecule has 0 fully saturated rings. The quantitative estimate of drug-likeness (QED) is 0.563. The second-order valence-electron chi connectivity index (χ2n) is 7.24. The maximum Gasteiger partial charge on any atom is 0.261 e. The van der Waals surface area contributed by atoms with Crippen LogP contribution in [-0.4, -0.2) is 32.9 Å². The van der Waals surface area contributed by atoms with E-state index >= 15 is 0 Å². The highest BCUT2D eigenvalue weighted by molar-refractivity contribution is 7.92. The summed E-state index contributed by atoms with van der Waals surface area (Å²) in [5, 5.41) is 0. The molecule has 0 aromatic heterocycles. The van der Waals surface area contributed by atoms with Gasteiger partial charge in [0, 0.05) is 24.8 Å². The van der Waals surface area contributed by atoms with Gasteiger partial charge >= 0.3 is 0 Å². The molecule has 1 amide bonds. The van der Waals surface area contributed by atoms with Crippen LogP contribution in [0.3, 0.4) is 0 Å². The molecule has 0 aliphatic carbocycles. The normalized spacial score (nSPS) is 11.1. The van der Waals surface area contributed by atoms with Gasteiger partial charge in [0.1, 0.15) is 5.75 Å². The van der Waals surface area contributed by atoms with E-state index in [1.807, 2.05) is 38.1 Å². The SMILES string of the molecule is CCOc1cccc(CN(C)C(=O)c2ccc(NS(=O)(=O)c3ccc(C)cc3)cc2)c1. The number of sulfonamides is 1. The van der Waals surface area contributed by atoms with Crippen LogP contribution in [0.2, 0.25) is 0 Å². The second kappa shape index (κ2) is 9.66. The first-order chi connectivity index (χ1) is 14.8. The van der Waals surface area contributed by atoms with Crippen molar-refractivity contribution >= 4 is 21.6 Å². The van der Waals surface area contributed by atoms with Crippen molar-refractivity contribution in [2.75, 3.05) is 18.4 Å². The molecule has 3 aromatic carbocycles. The molecule has 0 heterocycles. The Labute approximate surface area is 183 Å². The molecule has 3 rings (SSSR count). The van der Waals surface area contributed by atoms with E-state index in [1.165, 1.54) is 0 Å². The lowest BCUT2D eigenvalue weighted by molar-refractivity contribution is 0.0785. The van der Waals surface area contributed by atoms with Crippen LogP contribution < -0.4 is 9.46 Å². The lowest BCUT2D eigenvalue weighted by Gasteiger charge is -2.18. The van der Waals surface area contributed by atoms with Crippen LogP contribution >= 0.6 is 0 Å². The summed E-state index contributed by atoms with van der Waals surface area (Å²) in [4.78, 5) is 14.6. The van der Waals surface area contributed by atoms with Crippen molar-refractivity contribution in [3.63, 3.8) is 0 Å². The first-order valence-electron chi connectivity index (χ1n) is 9.95. The molecule has 6 nitrogen and oxygen atoms in total. The number of nitrogens with zero attached hydrogens (tertiary/aromatic N) is 1. The molecule has 0 spiro atoms. The summed E-state index contributed by atoms with van der Waals surface area (Å²) >= 11 is 0. The third kappa shape index (κ3) is 5.86. The molecule has 7 heteroatoms. The van der Waals surface area contributed by atoms with E-state index in [0.717, 1.165) is 16.9 Å². The maximum atomic E-state index is 12.8. The summed E-state index contributed by atoms with van der Waals surface area (Å²) in [5.41, 5.74) is 2.81. The van der Waals surface area contributed by atoms with Crippen molar-refractivity contribution < 1.29 is 17.9 Å². The molecule has 0 saturated carbocycles.